The molecule has 0 aromatic heterocycles. The van der Waals surface area contributed by atoms with Gasteiger partial charge in [-0.3, -0.25) is 0 Å². The molecule has 0 amide bonds. The second-order valence-electron chi connectivity index (χ2n) is 9.34. The molecule has 0 fully saturated rings. The van der Waals surface area contributed by atoms with Crippen molar-refractivity contribution in [3.63, 3.8) is 0 Å². The summed E-state index contributed by atoms with van der Waals surface area (Å²) in [5.74, 6) is 1.57. The van der Waals surface area contributed by atoms with Gasteiger partial charge in [-0.2, -0.15) is 0 Å². The predicted octanol–water partition coefficient (Wildman–Crippen LogP) is 5.47. The number of rotatable bonds is 20. The molecule has 3 atom stereocenters. The van der Waals surface area contributed by atoms with E-state index in [1.54, 1.807) is 0 Å². The van der Waals surface area contributed by atoms with Gasteiger partial charge in [0.05, 0.1) is 12.7 Å². The first-order valence-corrected chi connectivity index (χ1v) is 12.0. The van der Waals surface area contributed by atoms with Crippen LogP contribution in [0.25, 0.3) is 0 Å². The van der Waals surface area contributed by atoms with E-state index in [2.05, 4.69) is 27.7 Å². The number of ether oxygens (including phenoxy) is 1. The van der Waals surface area contributed by atoms with Gasteiger partial charge in [0, 0.05) is 6.61 Å². The fraction of sp³-hybridized carbons (Fsp3) is 1.00. The molecule has 0 bridgehead atoms. The predicted molar refractivity (Wildman–Crippen MR) is 119 cm³/mol. The SMILES string of the molecule is CC(C)CCCCCCCOC(CCCCCCCC(C)C)[C@H](O)[C@H](O)CO. The van der Waals surface area contributed by atoms with Crippen molar-refractivity contribution in [3.05, 3.63) is 0 Å². The topological polar surface area (TPSA) is 69.9 Å². The Kier molecular flexibility index (Phi) is 18.7. The molecule has 0 aliphatic rings. The molecule has 0 aromatic rings. The summed E-state index contributed by atoms with van der Waals surface area (Å²) < 4.78 is 5.91. The van der Waals surface area contributed by atoms with Gasteiger partial charge in [-0.25, -0.2) is 0 Å². The van der Waals surface area contributed by atoms with Crippen LogP contribution in [-0.4, -0.2) is 46.8 Å². The number of aliphatic hydroxyl groups excluding tert-OH is 3. The Hall–Kier alpha value is -0.160. The van der Waals surface area contributed by atoms with Gasteiger partial charge in [-0.15, -0.1) is 0 Å². The molecule has 0 radical (unpaired) electrons. The molecule has 0 aliphatic heterocycles. The first-order chi connectivity index (χ1) is 13.4. The molecule has 4 heteroatoms. The van der Waals surface area contributed by atoms with E-state index < -0.39 is 18.8 Å². The van der Waals surface area contributed by atoms with Gasteiger partial charge in [-0.1, -0.05) is 98.3 Å². The van der Waals surface area contributed by atoms with Crippen LogP contribution < -0.4 is 0 Å². The monoisotopic (exact) mass is 402 g/mol. The molecule has 0 saturated heterocycles. The Bertz CT molecular complexity index is 320. The van der Waals surface area contributed by atoms with Gasteiger partial charge in [0.1, 0.15) is 12.2 Å². The van der Waals surface area contributed by atoms with Crippen LogP contribution in [0.15, 0.2) is 0 Å². The van der Waals surface area contributed by atoms with Crippen LogP contribution in [0.3, 0.4) is 0 Å². The highest BCUT2D eigenvalue weighted by molar-refractivity contribution is 4.76. The molecule has 1 unspecified atom stereocenters. The summed E-state index contributed by atoms with van der Waals surface area (Å²) in [4.78, 5) is 0. The van der Waals surface area contributed by atoms with Gasteiger partial charge in [0.2, 0.25) is 0 Å². The molecule has 0 rings (SSSR count). The standard InChI is InChI=1S/C24H50O4/c1-20(2)15-11-7-5-9-13-17-23(24(27)22(26)19-25)28-18-14-10-6-8-12-16-21(3)4/h20-27H,5-19H2,1-4H3/t22-,23?,24-/m1/s1. The zero-order valence-corrected chi connectivity index (χ0v) is 19.2. The Morgan fingerprint density at radius 1 is 0.607 bits per heavy atom. The molecule has 0 aromatic carbocycles. The van der Waals surface area contributed by atoms with Crippen LogP contribution in [-0.2, 0) is 4.74 Å². The van der Waals surface area contributed by atoms with Gasteiger partial charge < -0.3 is 20.1 Å². The van der Waals surface area contributed by atoms with E-state index in [9.17, 15) is 10.2 Å². The molecule has 170 valence electrons. The minimum atomic E-state index is -1.12. The Morgan fingerprint density at radius 3 is 1.50 bits per heavy atom. The lowest BCUT2D eigenvalue weighted by molar-refractivity contribution is -0.105. The summed E-state index contributed by atoms with van der Waals surface area (Å²) >= 11 is 0. The molecular weight excluding hydrogens is 352 g/mol. The first-order valence-electron chi connectivity index (χ1n) is 12.0. The molecule has 3 N–H and O–H groups in total. The number of hydrogen-bond donors (Lipinski definition) is 3. The summed E-state index contributed by atoms with van der Waals surface area (Å²) in [5.41, 5.74) is 0. The van der Waals surface area contributed by atoms with Crippen LogP contribution in [0, 0.1) is 11.8 Å². The Labute approximate surface area is 175 Å². The molecule has 28 heavy (non-hydrogen) atoms. The highest BCUT2D eigenvalue weighted by Gasteiger charge is 2.26. The molecule has 0 spiro atoms. The summed E-state index contributed by atoms with van der Waals surface area (Å²) in [6.07, 6.45) is 12.7. The molecule has 0 aliphatic carbocycles. The summed E-state index contributed by atoms with van der Waals surface area (Å²) in [6.45, 7) is 9.27. The van der Waals surface area contributed by atoms with E-state index in [4.69, 9.17) is 9.84 Å². The average molecular weight is 403 g/mol. The maximum Gasteiger partial charge on any atom is 0.108 e. The van der Waals surface area contributed by atoms with Crippen molar-refractivity contribution in [2.24, 2.45) is 11.8 Å². The third-order valence-electron chi connectivity index (χ3n) is 5.49. The number of hydrogen-bond acceptors (Lipinski definition) is 4. The smallest absolute Gasteiger partial charge is 0.108 e. The van der Waals surface area contributed by atoms with Crippen molar-refractivity contribution in [3.8, 4) is 0 Å². The van der Waals surface area contributed by atoms with Gasteiger partial charge in [-0.05, 0) is 24.7 Å². The van der Waals surface area contributed by atoms with Crippen molar-refractivity contribution < 1.29 is 20.1 Å². The number of unbranched alkanes of at least 4 members (excludes halogenated alkanes) is 8. The maximum atomic E-state index is 10.3. The zero-order chi connectivity index (χ0) is 21.2. The van der Waals surface area contributed by atoms with Gasteiger partial charge in [0.15, 0.2) is 0 Å². The fourth-order valence-electron chi connectivity index (χ4n) is 3.56. The minimum Gasteiger partial charge on any atom is -0.394 e. The lowest BCUT2D eigenvalue weighted by Crippen LogP contribution is -2.41. The summed E-state index contributed by atoms with van der Waals surface area (Å²) in [5, 5.41) is 29.2. The van der Waals surface area contributed by atoms with Gasteiger partial charge >= 0.3 is 0 Å². The maximum absolute atomic E-state index is 10.3. The van der Waals surface area contributed by atoms with E-state index in [-0.39, 0.29) is 6.10 Å². The highest BCUT2D eigenvalue weighted by atomic mass is 16.5. The highest BCUT2D eigenvalue weighted by Crippen LogP contribution is 2.17. The van der Waals surface area contributed by atoms with Crippen LogP contribution >= 0.6 is 0 Å². The zero-order valence-electron chi connectivity index (χ0n) is 19.2. The van der Waals surface area contributed by atoms with Gasteiger partial charge in [0.25, 0.3) is 0 Å². The normalized spacial score (nSPS) is 15.3. The minimum absolute atomic E-state index is 0.376. The summed E-state index contributed by atoms with van der Waals surface area (Å²) in [7, 11) is 0. The molecule has 0 saturated carbocycles. The average Bonchev–Trinajstić information content (AvgIpc) is 2.65. The quantitative estimate of drug-likeness (QED) is 0.236. The second kappa shape index (κ2) is 18.8. The van der Waals surface area contributed by atoms with Crippen molar-refractivity contribution in [1.29, 1.82) is 0 Å². The molecule has 0 heterocycles. The third-order valence-corrected chi connectivity index (χ3v) is 5.49. The van der Waals surface area contributed by atoms with Crippen molar-refractivity contribution in [2.45, 2.75) is 129 Å². The van der Waals surface area contributed by atoms with Crippen LogP contribution in [0.5, 0.6) is 0 Å². The van der Waals surface area contributed by atoms with E-state index >= 15 is 0 Å². The van der Waals surface area contributed by atoms with Crippen molar-refractivity contribution in [2.75, 3.05) is 13.2 Å². The molecule has 4 nitrogen and oxygen atoms in total. The van der Waals surface area contributed by atoms with Crippen LogP contribution in [0.1, 0.15) is 111 Å². The van der Waals surface area contributed by atoms with Crippen molar-refractivity contribution in [1.82, 2.24) is 0 Å². The number of aliphatic hydroxyl groups is 3. The Balaban J connectivity index is 3.95. The van der Waals surface area contributed by atoms with Crippen molar-refractivity contribution >= 4 is 0 Å². The largest absolute Gasteiger partial charge is 0.394 e. The lowest BCUT2D eigenvalue weighted by Gasteiger charge is -2.26. The van der Waals surface area contributed by atoms with E-state index in [0.717, 1.165) is 43.9 Å². The van der Waals surface area contributed by atoms with Crippen LogP contribution in [0.4, 0.5) is 0 Å². The van der Waals surface area contributed by atoms with E-state index in [0.29, 0.717) is 6.61 Å². The Morgan fingerprint density at radius 2 is 1.04 bits per heavy atom. The van der Waals surface area contributed by atoms with E-state index in [1.807, 2.05) is 0 Å². The van der Waals surface area contributed by atoms with E-state index in [1.165, 1.54) is 51.4 Å². The lowest BCUT2D eigenvalue weighted by atomic mass is 10.00. The summed E-state index contributed by atoms with van der Waals surface area (Å²) in [6, 6.07) is 0. The first kappa shape index (κ1) is 27.8. The third kappa shape index (κ3) is 16.8. The second-order valence-corrected chi connectivity index (χ2v) is 9.34. The fourth-order valence-corrected chi connectivity index (χ4v) is 3.56. The van der Waals surface area contributed by atoms with Crippen LogP contribution in [0.2, 0.25) is 0 Å². The molecular formula is C24H50O4.